The second-order valence-corrected chi connectivity index (χ2v) is 6.00. The number of ether oxygens (including phenoxy) is 1. The molecule has 2 heterocycles. The number of aromatic nitrogens is 2. The molecule has 1 aliphatic rings. The second-order valence-electron chi connectivity index (χ2n) is 5.56. The first-order valence-electron chi connectivity index (χ1n) is 7.30. The predicted molar refractivity (Wildman–Crippen MR) is 83.8 cm³/mol. The number of hydrogen-bond donors (Lipinski definition) is 0. The Labute approximate surface area is 134 Å². The lowest BCUT2D eigenvalue weighted by Crippen LogP contribution is -2.54. The molecule has 1 aromatic carbocycles. The molecule has 22 heavy (non-hydrogen) atoms. The molecule has 0 bridgehead atoms. The van der Waals surface area contributed by atoms with E-state index in [1.165, 1.54) is 0 Å². The van der Waals surface area contributed by atoms with Crippen molar-refractivity contribution in [2.45, 2.75) is 19.6 Å². The van der Waals surface area contributed by atoms with Crippen molar-refractivity contribution in [3.05, 3.63) is 47.7 Å². The zero-order valence-electron chi connectivity index (χ0n) is 12.4. The van der Waals surface area contributed by atoms with E-state index in [-0.39, 0.29) is 5.91 Å². The summed E-state index contributed by atoms with van der Waals surface area (Å²) < 4.78 is 7.48. The van der Waals surface area contributed by atoms with Crippen LogP contribution in [0, 0.1) is 5.92 Å². The van der Waals surface area contributed by atoms with Gasteiger partial charge in [-0.3, -0.25) is 9.48 Å². The second kappa shape index (κ2) is 6.40. The maximum absolute atomic E-state index is 12.3. The molecule has 0 saturated carbocycles. The predicted octanol–water partition coefficient (Wildman–Crippen LogP) is 2.46. The minimum absolute atomic E-state index is 0.0265. The number of nitrogens with zero attached hydrogens (tertiary/aromatic N) is 3. The molecular weight excluding hydrogens is 302 g/mol. The van der Waals surface area contributed by atoms with Crippen LogP contribution in [0.25, 0.3) is 0 Å². The van der Waals surface area contributed by atoms with E-state index in [1.807, 2.05) is 39.9 Å². The fourth-order valence-corrected chi connectivity index (χ4v) is 2.74. The summed E-state index contributed by atoms with van der Waals surface area (Å²) in [5.41, 5.74) is 0. The third-order valence-corrected chi connectivity index (χ3v) is 3.91. The van der Waals surface area contributed by atoms with Crippen molar-refractivity contribution in [1.82, 2.24) is 14.7 Å². The van der Waals surface area contributed by atoms with Crippen LogP contribution in [-0.2, 0) is 11.3 Å². The summed E-state index contributed by atoms with van der Waals surface area (Å²) in [5, 5.41) is 4.79. The Hall–Kier alpha value is -2.01. The number of amides is 1. The highest BCUT2D eigenvalue weighted by Gasteiger charge is 2.34. The first kappa shape index (κ1) is 14.9. The largest absolute Gasteiger partial charge is 0.481 e. The molecule has 1 atom stereocenters. The highest BCUT2D eigenvalue weighted by Crippen LogP contribution is 2.20. The molecule has 116 valence electrons. The molecule has 2 aromatic rings. The van der Waals surface area contributed by atoms with Crippen LogP contribution in [0.5, 0.6) is 5.75 Å². The fourth-order valence-electron chi connectivity index (χ4n) is 2.58. The van der Waals surface area contributed by atoms with Crippen molar-refractivity contribution in [2.75, 3.05) is 13.1 Å². The Morgan fingerprint density at radius 3 is 2.77 bits per heavy atom. The number of hydrogen-bond acceptors (Lipinski definition) is 3. The van der Waals surface area contributed by atoms with Crippen molar-refractivity contribution in [3.63, 3.8) is 0 Å². The van der Waals surface area contributed by atoms with Crippen molar-refractivity contribution >= 4 is 17.5 Å². The highest BCUT2D eigenvalue weighted by atomic mass is 35.5. The van der Waals surface area contributed by atoms with E-state index < -0.39 is 6.10 Å². The van der Waals surface area contributed by atoms with E-state index in [4.69, 9.17) is 16.3 Å². The van der Waals surface area contributed by atoms with Crippen LogP contribution in [0.15, 0.2) is 42.7 Å². The van der Waals surface area contributed by atoms with Crippen molar-refractivity contribution in [2.24, 2.45) is 5.92 Å². The lowest BCUT2D eigenvalue weighted by Gasteiger charge is -2.40. The summed E-state index contributed by atoms with van der Waals surface area (Å²) in [4.78, 5) is 14.1. The summed E-state index contributed by atoms with van der Waals surface area (Å²) in [6, 6.07) is 9.40. The highest BCUT2D eigenvalue weighted by molar-refractivity contribution is 6.30. The Morgan fingerprint density at radius 2 is 2.14 bits per heavy atom. The minimum atomic E-state index is -0.470. The van der Waals surface area contributed by atoms with Gasteiger partial charge < -0.3 is 9.64 Å². The van der Waals surface area contributed by atoms with Gasteiger partial charge in [0.25, 0.3) is 5.91 Å². The Kier molecular flexibility index (Phi) is 4.34. The van der Waals surface area contributed by atoms with E-state index in [9.17, 15) is 4.79 Å². The van der Waals surface area contributed by atoms with E-state index in [2.05, 4.69) is 5.10 Å². The van der Waals surface area contributed by atoms with Crippen molar-refractivity contribution in [3.8, 4) is 5.75 Å². The van der Waals surface area contributed by atoms with Gasteiger partial charge >= 0.3 is 0 Å². The quantitative estimate of drug-likeness (QED) is 0.850. The lowest BCUT2D eigenvalue weighted by atomic mass is 9.99. The molecule has 1 fully saturated rings. The Bertz CT molecular complexity index is 638. The maximum atomic E-state index is 12.3. The van der Waals surface area contributed by atoms with Crippen molar-refractivity contribution < 1.29 is 9.53 Å². The van der Waals surface area contributed by atoms with Crippen LogP contribution in [0.2, 0.25) is 5.02 Å². The van der Waals surface area contributed by atoms with Crippen LogP contribution in [0.4, 0.5) is 0 Å². The van der Waals surface area contributed by atoms with E-state index in [0.29, 0.717) is 16.7 Å². The molecule has 3 rings (SSSR count). The number of rotatable bonds is 5. The normalized spacial score (nSPS) is 16.2. The molecular formula is C16H18ClN3O2. The number of carbonyl (C=O) groups excluding carboxylic acids is 1. The zero-order valence-corrected chi connectivity index (χ0v) is 13.1. The molecule has 1 amide bonds. The minimum Gasteiger partial charge on any atom is -0.481 e. The monoisotopic (exact) mass is 319 g/mol. The maximum Gasteiger partial charge on any atom is 0.263 e. The van der Waals surface area contributed by atoms with Gasteiger partial charge in [-0.1, -0.05) is 29.8 Å². The number of halogens is 1. The van der Waals surface area contributed by atoms with E-state index in [1.54, 1.807) is 19.3 Å². The molecule has 5 nitrogen and oxygen atoms in total. The smallest absolute Gasteiger partial charge is 0.263 e. The lowest BCUT2D eigenvalue weighted by molar-refractivity contribution is -0.144. The topological polar surface area (TPSA) is 47.4 Å². The van der Waals surface area contributed by atoms with Gasteiger partial charge in [0.1, 0.15) is 5.75 Å². The first-order valence-corrected chi connectivity index (χ1v) is 7.68. The summed E-state index contributed by atoms with van der Waals surface area (Å²) in [7, 11) is 0. The molecule has 1 saturated heterocycles. The van der Waals surface area contributed by atoms with Crippen LogP contribution < -0.4 is 4.74 Å². The van der Waals surface area contributed by atoms with Gasteiger partial charge in [-0.15, -0.1) is 0 Å². The molecule has 0 N–H and O–H groups in total. The van der Waals surface area contributed by atoms with E-state index in [0.717, 1.165) is 19.6 Å². The summed E-state index contributed by atoms with van der Waals surface area (Å²) >= 11 is 5.84. The average Bonchev–Trinajstić information content (AvgIpc) is 2.88. The van der Waals surface area contributed by atoms with Gasteiger partial charge in [0.05, 0.1) is 11.2 Å². The fraction of sp³-hybridized carbons (Fsp3) is 0.375. The first-order chi connectivity index (χ1) is 10.6. The Balaban J connectivity index is 1.46. The number of benzene rings is 1. The van der Waals surface area contributed by atoms with Crippen LogP contribution in [-0.4, -0.2) is 39.8 Å². The van der Waals surface area contributed by atoms with Gasteiger partial charge in [0.2, 0.25) is 0 Å². The molecule has 0 aliphatic carbocycles. The van der Waals surface area contributed by atoms with Gasteiger partial charge in [0.15, 0.2) is 6.10 Å². The molecule has 6 heteroatoms. The summed E-state index contributed by atoms with van der Waals surface area (Å²) in [6.07, 6.45) is 2.95. The number of para-hydroxylation sites is 1. The average molecular weight is 320 g/mol. The summed E-state index contributed by atoms with van der Waals surface area (Å²) in [5.74, 6) is 1.16. The van der Waals surface area contributed by atoms with Gasteiger partial charge in [0, 0.05) is 31.7 Å². The van der Waals surface area contributed by atoms with Gasteiger partial charge in [-0.05, 0) is 19.1 Å². The molecule has 1 unspecified atom stereocenters. The molecule has 0 radical (unpaired) electrons. The third-order valence-electron chi connectivity index (χ3n) is 3.72. The van der Waals surface area contributed by atoms with Crippen LogP contribution >= 0.6 is 11.6 Å². The zero-order chi connectivity index (χ0) is 15.5. The number of carbonyl (C=O) groups is 1. The van der Waals surface area contributed by atoms with Crippen LogP contribution in [0.3, 0.4) is 0 Å². The van der Waals surface area contributed by atoms with Gasteiger partial charge in [-0.2, -0.15) is 5.10 Å². The SMILES string of the molecule is CC(Oc1ccccc1)C(=O)N1CC(Cn2cc(Cl)cn2)C1. The standard InChI is InChI=1S/C16H18ClN3O2/c1-12(22-15-5-3-2-4-6-15)16(21)19-8-13(9-19)10-20-11-14(17)7-18-20/h2-7,11-13H,8-10H2,1H3. The van der Waals surface area contributed by atoms with Gasteiger partial charge in [-0.25, -0.2) is 0 Å². The van der Waals surface area contributed by atoms with Crippen LogP contribution in [0.1, 0.15) is 6.92 Å². The van der Waals surface area contributed by atoms with E-state index >= 15 is 0 Å². The molecule has 1 aliphatic heterocycles. The Morgan fingerprint density at radius 1 is 1.41 bits per heavy atom. The number of likely N-dealkylation sites (tertiary alicyclic amines) is 1. The summed E-state index contributed by atoms with van der Waals surface area (Å²) in [6.45, 7) is 4.04. The third kappa shape index (κ3) is 3.42. The molecule has 1 aromatic heterocycles. The molecule has 0 spiro atoms. The van der Waals surface area contributed by atoms with Crippen molar-refractivity contribution in [1.29, 1.82) is 0 Å².